The molecule has 0 spiro atoms. The Labute approximate surface area is 90.7 Å². The highest BCUT2D eigenvalue weighted by molar-refractivity contribution is 7.80. The van der Waals surface area contributed by atoms with Gasteiger partial charge in [-0.3, -0.25) is 4.79 Å². The summed E-state index contributed by atoms with van der Waals surface area (Å²) in [6.07, 6.45) is 4.87. The van der Waals surface area contributed by atoms with E-state index in [2.05, 4.69) is 17.9 Å². The molecular formula is C10H19NO2S. The highest BCUT2D eigenvalue weighted by atomic mass is 32.1. The van der Waals surface area contributed by atoms with Crippen LogP contribution in [0, 0.1) is 5.41 Å². The molecule has 0 aromatic heterocycles. The molecule has 0 bridgehead atoms. The first kappa shape index (κ1) is 11.9. The molecule has 0 saturated heterocycles. The summed E-state index contributed by atoms with van der Waals surface area (Å²) in [6, 6.07) is 0. The smallest absolute Gasteiger partial charge is 0.220 e. The molecule has 0 aromatic rings. The van der Waals surface area contributed by atoms with Gasteiger partial charge in [-0.25, -0.2) is 0 Å². The van der Waals surface area contributed by atoms with Crippen LogP contribution in [0.2, 0.25) is 0 Å². The first-order chi connectivity index (χ1) is 6.72. The molecule has 0 radical (unpaired) electrons. The molecule has 3 nitrogen and oxygen atoms in total. The summed E-state index contributed by atoms with van der Waals surface area (Å²) in [4.78, 5) is 11.2. The number of aliphatic hydroxyl groups excluding tert-OH is 1. The fraction of sp³-hybridized carbons (Fsp3) is 0.900. The van der Waals surface area contributed by atoms with E-state index in [1.54, 1.807) is 0 Å². The number of hydrogen-bond acceptors (Lipinski definition) is 3. The molecule has 1 aliphatic carbocycles. The topological polar surface area (TPSA) is 49.3 Å². The number of amides is 1. The predicted molar refractivity (Wildman–Crippen MR) is 59.5 cm³/mol. The minimum Gasteiger partial charge on any atom is -0.396 e. The summed E-state index contributed by atoms with van der Waals surface area (Å²) in [5.41, 5.74) is -0.0355. The summed E-state index contributed by atoms with van der Waals surface area (Å²) in [7, 11) is 0. The van der Waals surface area contributed by atoms with Gasteiger partial charge in [0.15, 0.2) is 0 Å². The van der Waals surface area contributed by atoms with Crippen LogP contribution in [0.15, 0.2) is 0 Å². The van der Waals surface area contributed by atoms with Gasteiger partial charge in [-0.2, -0.15) is 12.6 Å². The summed E-state index contributed by atoms with van der Waals surface area (Å²) in [5.74, 6) is 0.623. The van der Waals surface area contributed by atoms with Gasteiger partial charge in [-0.1, -0.05) is 12.8 Å². The highest BCUT2D eigenvalue weighted by Crippen LogP contribution is 2.36. The van der Waals surface area contributed by atoms with Crippen molar-refractivity contribution in [3.8, 4) is 0 Å². The SMILES string of the molecule is O=C(CCS)NCC1(CO)CCCC1. The Bertz CT molecular complexity index is 191. The molecule has 1 amide bonds. The maximum absolute atomic E-state index is 11.2. The van der Waals surface area contributed by atoms with Crippen molar-refractivity contribution in [1.82, 2.24) is 5.32 Å². The number of nitrogens with one attached hydrogen (secondary N) is 1. The minimum atomic E-state index is -0.0355. The Morgan fingerprint density at radius 2 is 2.07 bits per heavy atom. The molecule has 1 fully saturated rings. The van der Waals surface area contributed by atoms with Crippen molar-refractivity contribution >= 4 is 18.5 Å². The van der Waals surface area contributed by atoms with E-state index in [-0.39, 0.29) is 17.9 Å². The van der Waals surface area contributed by atoms with Gasteiger partial charge >= 0.3 is 0 Å². The van der Waals surface area contributed by atoms with Crippen LogP contribution in [-0.2, 0) is 4.79 Å². The fourth-order valence-corrected chi connectivity index (χ4v) is 2.19. The molecule has 82 valence electrons. The van der Waals surface area contributed by atoms with E-state index in [4.69, 9.17) is 0 Å². The van der Waals surface area contributed by atoms with Crippen LogP contribution in [0.1, 0.15) is 32.1 Å². The number of thiol groups is 1. The van der Waals surface area contributed by atoms with Crippen molar-refractivity contribution in [1.29, 1.82) is 0 Å². The number of carbonyl (C=O) groups is 1. The zero-order valence-electron chi connectivity index (χ0n) is 8.46. The molecule has 0 aliphatic heterocycles. The first-order valence-electron chi connectivity index (χ1n) is 5.21. The summed E-state index contributed by atoms with van der Waals surface area (Å²) in [6.45, 7) is 0.810. The molecule has 0 atom stereocenters. The van der Waals surface area contributed by atoms with Gasteiger partial charge in [0.25, 0.3) is 0 Å². The second kappa shape index (κ2) is 5.61. The third-order valence-electron chi connectivity index (χ3n) is 3.00. The number of rotatable bonds is 5. The maximum atomic E-state index is 11.2. The molecule has 0 unspecified atom stereocenters. The van der Waals surface area contributed by atoms with Crippen LogP contribution in [0.25, 0.3) is 0 Å². The average molecular weight is 217 g/mol. The Kier molecular flexibility index (Phi) is 4.75. The van der Waals surface area contributed by atoms with E-state index in [9.17, 15) is 9.90 Å². The van der Waals surface area contributed by atoms with E-state index in [1.165, 1.54) is 12.8 Å². The highest BCUT2D eigenvalue weighted by Gasteiger charge is 2.33. The lowest BCUT2D eigenvalue weighted by Gasteiger charge is -2.26. The lowest BCUT2D eigenvalue weighted by atomic mass is 9.87. The molecule has 1 aliphatic rings. The van der Waals surface area contributed by atoms with Crippen molar-refractivity contribution < 1.29 is 9.90 Å². The van der Waals surface area contributed by atoms with Gasteiger partial charge < -0.3 is 10.4 Å². The fourth-order valence-electron chi connectivity index (χ4n) is 1.99. The Balaban J connectivity index is 2.30. The third kappa shape index (κ3) is 3.17. The van der Waals surface area contributed by atoms with E-state index < -0.39 is 0 Å². The van der Waals surface area contributed by atoms with Crippen LogP contribution in [0.4, 0.5) is 0 Å². The van der Waals surface area contributed by atoms with Gasteiger partial charge in [0, 0.05) is 18.4 Å². The van der Waals surface area contributed by atoms with Crippen LogP contribution < -0.4 is 5.32 Å². The zero-order chi connectivity index (χ0) is 10.4. The quantitative estimate of drug-likeness (QED) is 0.601. The van der Waals surface area contributed by atoms with Gasteiger partial charge in [-0.15, -0.1) is 0 Å². The van der Waals surface area contributed by atoms with Crippen molar-refractivity contribution in [2.45, 2.75) is 32.1 Å². The third-order valence-corrected chi connectivity index (χ3v) is 3.22. The van der Waals surface area contributed by atoms with Crippen LogP contribution in [0.3, 0.4) is 0 Å². The van der Waals surface area contributed by atoms with Crippen LogP contribution >= 0.6 is 12.6 Å². The van der Waals surface area contributed by atoms with Crippen molar-refractivity contribution in [2.24, 2.45) is 5.41 Å². The molecule has 14 heavy (non-hydrogen) atoms. The molecule has 1 rings (SSSR count). The van der Waals surface area contributed by atoms with Gasteiger partial charge in [0.2, 0.25) is 5.91 Å². The van der Waals surface area contributed by atoms with Crippen molar-refractivity contribution in [2.75, 3.05) is 18.9 Å². The number of carbonyl (C=O) groups excluding carboxylic acids is 1. The Morgan fingerprint density at radius 1 is 1.43 bits per heavy atom. The number of aliphatic hydroxyl groups is 1. The molecule has 2 N–H and O–H groups in total. The van der Waals surface area contributed by atoms with Crippen molar-refractivity contribution in [3.05, 3.63) is 0 Å². The van der Waals surface area contributed by atoms with Gasteiger partial charge in [0.05, 0.1) is 6.61 Å². The molecule has 0 aromatic carbocycles. The largest absolute Gasteiger partial charge is 0.396 e. The summed E-state index contributed by atoms with van der Waals surface area (Å²) < 4.78 is 0. The van der Waals surface area contributed by atoms with E-state index >= 15 is 0 Å². The predicted octanol–water partition coefficient (Wildman–Crippen LogP) is 0.975. The Hall–Kier alpha value is -0.220. The van der Waals surface area contributed by atoms with Gasteiger partial charge in [-0.05, 0) is 18.6 Å². The normalized spacial score (nSPS) is 19.6. The van der Waals surface area contributed by atoms with E-state index in [0.29, 0.717) is 18.7 Å². The van der Waals surface area contributed by atoms with E-state index in [0.717, 1.165) is 12.8 Å². The summed E-state index contributed by atoms with van der Waals surface area (Å²) >= 11 is 4.00. The van der Waals surface area contributed by atoms with Crippen LogP contribution in [0.5, 0.6) is 0 Å². The van der Waals surface area contributed by atoms with Crippen molar-refractivity contribution in [3.63, 3.8) is 0 Å². The molecule has 4 heteroatoms. The first-order valence-corrected chi connectivity index (χ1v) is 5.84. The second-order valence-corrected chi connectivity index (χ2v) is 4.56. The summed E-state index contributed by atoms with van der Waals surface area (Å²) in [5, 5.41) is 12.2. The number of hydrogen-bond donors (Lipinski definition) is 3. The minimum absolute atomic E-state index is 0.0355. The lowest BCUT2D eigenvalue weighted by molar-refractivity contribution is -0.121. The molecular weight excluding hydrogens is 198 g/mol. The standard InChI is InChI=1S/C10H19NO2S/c12-8-10(4-1-2-5-10)7-11-9(13)3-6-14/h12,14H,1-8H2,(H,11,13). The lowest BCUT2D eigenvalue weighted by Crippen LogP contribution is -2.38. The average Bonchev–Trinajstić information content (AvgIpc) is 2.65. The Morgan fingerprint density at radius 3 is 2.57 bits per heavy atom. The van der Waals surface area contributed by atoms with Gasteiger partial charge in [0.1, 0.15) is 0 Å². The molecule has 0 heterocycles. The zero-order valence-corrected chi connectivity index (χ0v) is 9.35. The second-order valence-electron chi connectivity index (χ2n) is 4.12. The maximum Gasteiger partial charge on any atom is 0.220 e. The van der Waals surface area contributed by atoms with E-state index in [1.807, 2.05) is 0 Å². The van der Waals surface area contributed by atoms with Crippen LogP contribution in [-0.4, -0.2) is 29.9 Å². The monoisotopic (exact) mass is 217 g/mol. The molecule has 1 saturated carbocycles.